The van der Waals surface area contributed by atoms with Gasteiger partial charge in [0.25, 0.3) is 5.91 Å². The summed E-state index contributed by atoms with van der Waals surface area (Å²) >= 11 is 0. The van der Waals surface area contributed by atoms with Crippen LogP contribution in [0, 0.1) is 5.92 Å². The van der Waals surface area contributed by atoms with Crippen molar-refractivity contribution in [3.63, 3.8) is 0 Å². The molecule has 23 heavy (non-hydrogen) atoms. The van der Waals surface area contributed by atoms with Gasteiger partial charge in [0.2, 0.25) is 0 Å². The lowest BCUT2D eigenvalue weighted by Gasteiger charge is -2.33. The summed E-state index contributed by atoms with van der Waals surface area (Å²) in [5, 5.41) is 9.68. The molecule has 0 spiro atoms. The lowest BCUT2D eigenvalue weighted by molar-refractivity contribution is 0.0514. The van der Waals surface area contributed by atoms with Crippen LogP contribution >= 0.6 is 0 Å². The van der Waals surface area contributed by atoms with E-state index >= 15 is 0 Å². The zero-order valence-electron chi connectivity index (χ0n) is 13.8. The van der Waals surface area contributed by atoms with Crippen LogP contribution in [-0.2, 0) is 7.05 Å². The molecule has 3 rings (SSSR count). The van der Waals surface area contributed by atoms with Gasteiger partial charge >= 0.3 is 0 Å². The Labute approximate surface area is 137 Å². The van der Waals surface area contributed by atoms with E-state index in [4.69, 9.17) is 0 Å². The first-order valence-electron chi connectivity index (χ1n) is 8.26. The van der Waals surface area contributed by atoms with E-state index in [9.17, 15) is 9.90 Å². The number of aliphatic hydroxyl groups is 1. The maximum Gasteiger partial charge on any atom is 0.270 e. The molecule has 0 radical (unpaired) electrons. The number of aliphatic hydroxyl groups excluding tert-OH is 1. The second-order valence-corrected chi connectivity index (χ2v) is 6.40. The number of amides is 1. The lowest BCUT2D eigenvalue weighted by atomic mass is 9.92. The van der Waals surface area contributed by atoms with Gasteiger partial charge in [0.05, 0.1) is 6.10 Å². The maximum atomic E-state index is 12.8. The second kappa shape index (κ2) is 6.59. The van der Waals surface area contributed by atoms with Gasteiger partial charge < -0.3 is 14.6 Å². The monoisotopic (exact) mass is 312 g/mol. The fourth-order valence-corrected chi connectivity index (χ4v) is 3.37. The standard InChI is InChI=1S/C19H24N2O2/c1-14(22)15-10-12-21(13-11-15)19(23)18-9-8-17(20(18)2)16-6-4-3-5-7-16/h3-9,14-15,22H,10-13H2,1-2H3. The predicted octanol–water partition coefficient (Wildman–Crippen LogP) is 2.93. The van der Waals surface area contributed by atoms with Gasteiger partial charge in [-0.3, -0.25) is 4.79 Å². The van der Waals surface area contributed by atoms with E-state index in [-0.39, 0.29) is 12.0 Å². The van der Waals surface area contributed by atoms with Crippen molar-refractivity contribution in [3.8, 4) is 11.3 Å². The zero-order valence-corrected chi connectivity index (χ0v) is 13.8. The van der Waals surface area contributed by atoms with E-state index in [2.05, 4.69) is 12.1 Å². The highest BCUT2D eigenvalue weighted by Crippen LogP contribution is 2.25. The smallest absolute Gasteiger partial charge is 0.270 e. The molecule has 0 bridgehead atoms. The fraction of sp³-hybridized carbons (Fsp3) is 0.421. The Bertz CT molecular complexity index is 668. The SMILES string of the molecule is CC(O)C1CCN(C(=O)c2ccc(-c3ccccc3)n2C)CC1. The first-order valence-corrected chi connectivity index (χ1v) is 8.26. The molecule has 1 unspecified atom stereocenters. The molecule has 1 amide bonds. The molecule has 1 atom stereocenters. The molecule has 2 aromatic rings. The third-order valence-electron chi connectivity index (χ3n) is 4.92. The summed E-state index contributed by atoms with van der Waals surface area (Å²) in [6.07, 6.45) is 1.46. The minimum Gasteiger partial charge on any atom is -0.393 e. The Morgan fingerprint density at radius 2 is 1.78 bits per heavy atom. The van der Waals surface area contributed by atoms with Crippen LogP contribution in [0.3, 0.4) is 0 Å². The quantitative estimate of drug-likeness (QED) is 0.947. The molecule has 0 aliphatic carbocycles. The molecule has 1 aromatic carbocycles. The predicted molar refractivity (Wildman–Crippen MR) is 91.2 cm³/mol. The average Bonchev–Trinajstić information content (AvgIpc) is 2.96. The second-order valence-electron chi connectivity index (χ2n) is 6.40. The Balaban J connectivity index is 1.76. The molecule has 4 nitrogen and oxygen atoms in total. The van der Waals surface area contributed by atoms with Crippen LogP contribution < -0.4 is 0 Å². The van der Waals surface area contributed by atoms with Crippen LogP contribution in [-0.4, -0.2) is 39.7 Å². The van der Waals surface area contributed by atoms with Crippen molar-refractivity contribution in [3.05, 3.63) is 48.2 Å². The number of benzene rings is 1. The number of piperidine rings is 1. The third kappa shape index (κ3) is 3.17. The minimum absolute atomic E-state index is 0.0822. The van der Waals surface area contributed by atoms with Gasteiger partial charge in [0.1, 0.15) is 5.69 Å². The summed E-state index contributed by atoms with van der Waals surface area (Å²) in [6.45, 7) is 3.28. The van der Waals surface area contributed by atoms with Gasteiger partial charge in [-0.15, -0.1) is 0 Å². The van der Waals surface area contributed by atoms with E-state index in [0.717, 1.165) is 42.9 Å². The zero-order chi connectivity index (χ0) is 16.4. The van der Waals surface area contributed by atoms with Crippen molar-refractivity contribution in [1.82, 2.24) is 9.47 Å². The van der Waals surface area contributed by atoms with Crippen molar-refractivity contribution in [2.75, 3.05) is 13.1 Å². The van der Waals surface area contributed by atoms with Crippen LogP contribution in [0.2, 0.25) is 0 Å². The van der Waals surface area contributed by atoms with Crippen molar-refractivity contribution >= 4 is 5.91 Å². The number of nitrogens with zero attached hydrogens (tertiary/aromatic N) is 2. The summed E-state index contributed by atoms with van der Waals surface area (Å²) in [5.74, 6) is 0.395. The summed E-state index contributed by atoms with van der Waals surface area (Å²) in [6, 6.07) is 14.0. The fourth-order valence-electron chi connectivity index (χ4n) is 3.37. The number of aromatic nitrogens is 1. The molecule has 1 aromatic heterocycles. The molecular formula is C19H24N2O2. The van der Waals surface area contributed by atoms with Gasteiger partial charge in [-0.2, -0.15) is 0 Å². The Morgan fingerprint density at radius 1 is 1.13 bits per heavy atom. The molecule has 1 N–H and O–H groups in total. The number of likely N-dealkylation sites (tertiary alicyclic amines) is 1. The Kier molecular flexibility index (Phi) is 4.53. The lowest BCUT2D eigenvalue weighted by Crippen LogP contribution is -2.41. The van der Waals surface area contributed by atoms with E-state index in [1.54, 1.807) is 0 Å². The number of carbonyl (C=O) groups is 1. The van der Waals surface area contributed by atoms with Gasteiger partial charge in [-0.1, -0.05) is 30.3 Å². The van der Waals surface area contributed by atoms with E-state index in [1.807, 2.05) is 53.8 Å². The van der Waals surface area contributed by atoms with Gasteiger partial charge in [-0.05, 0) is 43.4 Å². The van der Waals surface area contributed by atoms with E-state index in [1.165, 1.54) is 0 Å². The molecule has 2 heterocycles. The highest BCUT2D eigenvalue weighted by molar-refractivity contribution is 5.94. The topological polar surface area (TPSA) is 45.5 Å². The average molecular weight is 312 g/mol. The third-order valence-corrected chi connectivity index (χ3v) is 4.92. The molecule has 122 valence electrons. The maximum absolute atomic E-state index is 12.8. The highest BCUT2D eigenvalue weighted by Gasteiger charge is 2.27. The molecule has 1 saturated heterocycles. The normalized spacial score (nSPS) is 17.3. The minimum atomic E-state index is -0.285. The summed E-state index contributed by atoms with van der Waals surface area (Å²) in [5.41, 5.74) is 2.88. The van der Waals surface area contributed by atoms with Crippen LogP contribution in [0.4, 0.5) is 0 Å². The molecule has 0 saturated carbocycles. The summed E-state index contributed by atoms with van der Waals surface area (Å²) in [7, 11) is 1.94. The number of hydrogen-bond acceptors (Lipinski definition) is 2. The molecular weight excluding hydrogens is 288 g/mol. The first kappa shape index (κ1) is 15.8. The van der Waals surface area contributed by atoms with Gasteiger partial charge in [-0.25, -0.2) is 0 Å². The first-order chi connectivity index (χ1) is 11.1. The van der Waals surface area contributed by atoms with Crippen molar-refractivity contribution in [1.29, 1.82) is 0 Å². The Hall–Kier alpha value is -2.07. The number of carbonyl (C=O) groups excluding carboxylic acids is 1. The van der Waals surface area contributed by atoms with Crippen molar-refractivity contribution in [2.24, 2.45) is 13.0 Å². The number of hydrogen-bond donors (Lipinski definition) is 1. The van der Waals surface area contributed by atoms with Crippen LogP contribution in [0.5, 0.6) is 0 Å². The van der Waals surface area contributed by atoms with Crippen LogP contribution in [0.25, 0.3) is 11.3 Å². The van der Waals surface area contributed by atoms with Crippen LogP contribution in [0.1, 0.15) is 30.3 Å². The molecule has 1 fully saturated rings. The highest BCUT2D eigenvalue weighted by atomic mass is 16.3. The summed E-state index contributed by atoms with van der Waals surface area (Å²) in [4.78, 5) is 14.7. The van der Waals surface area contributed by atoms with Crippen molar-refractivity contribution in [2.45, 2.75) is 25.9 Å². The van der Waals surface area contributed by atoms with Crippen LogP contribution in [0.15, 0.2) is 42.5 Å². The molecule has 1 aliphatic heterocycles. The molecule has 4 heteroatoms. The van der Waals surface area contributed by atoms with Gasteiger partial charge in [0.15, 0.2) is 0 Å². The Morgan fingerprint density at radius 3 is 2.39 bits per heavy atom. The van der Waals surface area contributed by atoms with E-state index < -0.39 is 0 Å². The number of rotatable bonds is 3. The van der Waals surface area contributed by atoms with Gasteiger partial charge in [0, 0.05) is 25.8 Å². The molecule has 1 aliphatic rings. The van der Waals surface area contributed by atoms with Crippen molar-refractivity contribution < 1.29 is 9.90 Å². The summed E-state index contributed by atoms with van der Waals surface area (Å²) < 4.78 is 1.97. The largest absolute Gasteiger partial charge is 0.393 e. The van der Waals surface area contributed by atoms with E-state index in [0.29, 0.717) is 5.92 Å².